The van der Waals surface area contributed by atoms with Gasteiger partial charge < -0.3 is 20.3 Å². The average Bonchev–Trinajstić information content (AvgIpc) is 3.26. The molecular weight excluding hydrogens is 767 g/mol. The second kappa shape index (κ2) is 48.8. The van der Waals surface area contributed by atoms with Crippen LogP contribution in [0.4, 0.5) is 0 Å². The third-order valence-electron chi connectivity index (χ3n) is 11.1. The van der Waals surface area contributed by atoms with E-state index in [1.165, 1.54) is 77.0 Å². The number of aliphatic hydroxyl groups is 2. The Morgan fingerprint density at radius 2 is 0.871 bits per heavy atom. The highest BCUT2D eigenvalue weighted by Gasteiger charge is 2.24. The first kappa shape index (κ1) is 58.8. The highest BCUT2D eigenvalue weighted by molar-refractivity contribution is 5.77. The van der Waals surface area contributed by atoms with Gasteiger partial charge in [0, 0.05) is 6.42 Å². The van der Waals surface area contributed by atoms with E-state index in [4.69, 9.17) is 4.74 Å². The molecule has 0 heterocycles. The van der Waals surface area contributed by atoms with Crippen molar-refractivity contribution in [2.24, 2.45) is 0 Å². The van der Waals surface area contributed by atoms with E-state index >= 15 is 0 Å². The Labute approximate surface area is 382 Å². The zero-order chi connectivity index (χ0) is 45.2. The molecule has 62 heavy (non-hydrogen) atoms. The summed E-state index contributed by atoms with van der Waals surface area (Å²) in [5, 5.41) is 23.7. The summed E-state index contributed by atoms with van der Waals surface area (Å²) < 4.78 is 5.90. The van der Waals surface area contributed by atoms with Gasteiger partial charge in [-0.05, 0) is 70.6 Å². The highest BCUT2D eigenvalue weighted by Crippen LogP contribution is 2.17. The molecule has 0 rings (SSSR count). The first-order valence-corrected chi connectivity index (χ1v) is 25.6. The molecule has 3 unspecified atom stereocenters. The van der Waals surface area contributed by atoms with Crippen molar-refractivity contribution in [3.8, 4) is 0 Å². The van der Waals surface area contributed by atoms with Crippen molar-refractivity contribution in [2.45, 2.75) is 238 Å². The minimum Gasteiger partial charge on any atom is -0.462 e. The van der Waals surface area contributed by atoms with Crippen LogP contribution in [0.15, 0.2) is 97.2 Å². The minimum absolute atomic E-state index is 0.0361. The van der Waals surface area contributed by atoms with Gasteiger partial charge in [-0.1, -0.05) is 234 Å². The maximum absolute atomic E-state index is 13.2. The summed E-state index contributed by atoms with van der Waals surface area (Å²) in [6.45, 7) is 6.28. The van der Waals surface area contributed by atoms with Crippen molar-refractivity contribution in [1.82, 2.24) is 5.32 Å². The number of carbonyl (C=O) groups excluding carboxylic acids is 2. The van der Waals surface area contributed by atoms with Gasteiger partial charge in [0.15, 0.2) is 0 Å². The van der Waals surface area contributed by atoms with Crippen LogP contribution in [0.2, 0.25) is 0 Å². The molecule has 0 aromatic rings. The summed E-state index contributed by atoms with van der Waals surface area (Å²) in [4.78, 5) is 26.1. The van der Waals surface area contributed by atoms with Crippen LogP contribution >= 0.6 is 0 Å². The van der Waals surface area contributed by atoms with E-state index in [0.717, 1.165) is 96.3 Å². The van der Waals surface area contributed by atoms with Crippen LogP contribution in [0.25, 0.3) is 0 Å². The van der Waals surface area contributed by atoms with Crippen molar-refractivity contribution in [3.05, 3.63) is 97.2 Å². The molecule has 0 spiro atoms. The number of amides is 1. The van der Waals surface area contributed by atoms with Crippen LogP contribution in [-0.2, 0) is 14.3 Å². The number of allylic oxidation sites excluding steroid dienone is 16. The van der Waals surface area contributed by atoms with E-state index in [2.05, 4.69) is 92.9 Å². The van der Waals surface area contributed by atoms with Gasteiger partial charge in [0.05, 0.1) is 25.2 Å². The predicted octanol–water partition coefficient (Wildman–Crippen LogP) is 15.3. The molecule has 0 aliphatic rings. The number of rotatable bonds is 44. The molecule has 0 saturated heterocycles. The summed E-state index contributed by atoms with van der Waals surface area (Å²) in [7, 11) is 0. The summed E-state index contributed by atoms with van der Waals surface area (Å²) in [6, 6.07) is -0.725. The molecule has 6 nitrogen and oxygen atoms in total. The molecule has 0 aliphatic carbocycles. The van der Waals surface area contributed by atoms with Gasteiger partial charge in [-0.25, -0.2) is 0 Å². The molecular formula is C56H95NO5. The molecule has 0 radical (unpaired) electrons. The Kier molecular flexibility index (Phi) is 46.3. The van der Waals surface area contributed by atoms with Crippen molar-refractivity contribution in [2.75, 3.05) is 6.61 Å². The number of hydrogen-bond donors (Lipinski definition) is 3. The number of nitrogens with one attached hydrogen (secondary N) is 1. The van der Waals surface area contributed by atoms with Crippen LogP contribution in [0.5, 0.6) is 0 Å². The Morgan fingerprint density at radius 3 is 1.37 bits per heavy atom. The fourth-order valence-corrected chi connectivity index (χ4v) is 7.22. The summed E-state index contributed by atoms with van der Waals surface area (Å²) >= 11 is 0. The molecule has 3 N–H and O–H groups in total. The van der Waals surface area contributed by atoms with Crippen molar-refractivity contribution >= 4 is 11.9 Å². The fraction of sp³-hybridized carbons (Fsp3) is 0.679. The zero-order valence-corrected chi connectivity index (χ0v) is 40.2. The smallest absolute Gasteiger partial charge is 0.306 e. The molecule has 0 aromatic carbocycles. The van der Waals surface area contributed by atoms with Gasteiger partial charge in [0.25, 0.3) is 0 Å². The Balaban J connectivity index is 4.70. The number of ether oxygens (including phenoxy) is 1. The quantitative estimate of drug-likeness (QED) is 0.0322. The molecule has 354 valence electrons. The fourth-order valence-electron chi connectivity index (χ4n) is 7.22. The Hall–Kier alpha value is -3.22. The largest absolute Gasteiger partial charge is 0.462 e. The Morgan fingerprint density at radius 1 is 0.484 bits per heavy atom. The second-order valence-corrected chi connectivity index (χ2v) is 17.0. The van der Waals surface area contributed by atoms with Gasteiger partial charge >= 0.3 is 5.97 Å². The number of hydrogen-bond acceptors (Lipinski definition) is 5. The maximum Gasteiger partial charge on any atom is 0.306 e. The number of esters is 1. The molecule has 6 heteroatoms. The molecule has 0 aliphatic heterocycles. The second-order valence-electron chi connectivity index (χ2n) is 17.0. The van der Waals surface area contributed by atoms with Gasteiger partial charge in [0.1, 0.15) is 6.10 Å². The Bertz CT molecular complexity index is 1240. The number of aliphatic hydroxyl groups excluding tert-OH is 2. The lowest BCUT2D eigenvalue weighted by Crippen LogP contribution is -2.46. The van der Waals surface area contributed by atoms with Crippen molar-refractivity contribution in [1.29, 1.82) is 0 Å². The third kappa shape index (κ3) is 43.4. The zero-order valence-electron chi connectivity index (χ0n) is 40.2. The van der Waals surface area contributed by atoms with Gasteiger partial charge in [-0.3, -0.25) is 9.59 Å². The first-order chi connectivity index (χ1) is 30.5. The van der Waals surface area contributed by atoms with Gasteiger partial charge in [-0.2, -0.15) is 0 Å². The SMILES string of the molecule is CC/C=C/C=C/C=C/C=C\CCCCCC(CC(=O)NC(CO)C(O)CCCCCCCCCCCCCC)OC(=O)CCCCCCC/C=C/C=C/C=C/C=C/CCCCC. The molecule has 0 fully saturated rings. The summed E-state index contributed by atoms with van der Waals surface area (Å²) in [5.74, 6) is -0.547. The first-order valence-electron chi connectivity index (χ1n) is 25.6. The molecule has 0 saturated carbocycles. The lowest BCUT2D eigenvalue weighted by molar-refractivity contribution is -0.151. The van der Waals surface area contributed by atoms with E-state index in [1.54, 1.807) is 0 Å². The standard InChI is InChI=1S/C56H95NO5/c1-4-7-10-13-16-19-22-25-26-27-28-29-31-34-37-40-43-46-49-56(61)62-52(47-44-41-38-35-32-30-23-20-17-14-11-8-5-2)50-55(60)57-53(51-58)54(59)48-45-42-39-36-33-24-21-18-15-12-9-6-3/h8,11,14,16-17,19-20,22-23,25-30,32,52-54,58-59H,4-7,9-10,12-13,15,18,21,24,31,33-51H2,1-3H3,(H,57,60)/b11-8+,17-14+,19-16+,23-20+,25-22+,27-26+,29-28+,32-30-. The van der Waals surface area contributed by atoms with Gasteiger partial charge in [-0.15, -0.1) is 0 Å². The van der Waals surface area contributed by atoms with Crippen molar-refractivity contribution < 1.29 is 24.5 Å². The molecule has 0 bridgehead atoms. The third-order valence-corrected chi connectivity index (χ3v) is 11.1. The molecule has 0 aromatic heterocycles. The normalized spacial score (nSPS) is 14.1. The molecule has 3 atom stereocenters. The van der Waals surface area contributed by atoms with Crippen LogP contribution < -0.4 is 5.32 Å². The van der Waals surface area contributed by atoms with E-state index in [0.29, 0.717) is 19.3 Å². The predicted molar refractivity (Wildman–Crippen MR) is 268 cm³/mol. The van der Waals surface area contributed by atoms with Gasteiger partial charge in [0.2, 0.25) is 5.91 Å². The lowest BCUT2D eigenvalue weighted by atomic mass is 10.0. The van der Waals surface area contributed by atoms with Crippen LogP contribution in [-0.4, -0.2) is 46.9 Å². The van der Waals surface area contributed by atoms with Crippen LogP contribution in [0.3, 0.4) is 0 Å². The van der Waals surface area contributed by atoms with Crippen LogP contribution in [0, 0.1) is 0 Å². The molecule has 1 amide bonds. The van der Waals surface area contributed by atoms with E-state index in [9.17, 15) is 19.8 Å². The monoisotopic (exact) mass is 862 g/mol. The average molecular weight is 862 g/mol. The van der Waals surface area contributed by atoms with E-state index in [1.807, 2.05) is 30.4 Å². The van der Waals surface area contributed by atoms with E-state index in [-0.39, 0.29) is 24.9 Å². The number of carbonyl (C=O) groups is 2. The minimum atomic E-state index is -0.808. The highest BCUT2D eigenvalue weighted by atomic mass is 16.5. The van der Waals surface area contributed by atoms with Crippen LogP contribution in [0.1, 0.15) is 220 Å². The van der Waals surface area contributed by atoms with E-state index < -0.39 is 18.2 Å². The number of unbranched alkanes of at least 4 members (excludes halogenated alkanes) is 22. The topological polar surface area (TPSA) is 95.9 Å². The maximum atomic E-state index is 13.2. The van der Waals surface area contributed by atoms with Crippen molar-refractivity contribution in [3.63, 3.8) is 0 Å². The lowest BCUT2D eigenvalue weighted by Gasteiger charge is -2.24. The summed E-state index contributed by atoms with van der Waals surface area (Å²) in [5.41, 5.74) is 0. The summed E-state index contributed by atoms with van der Waals surface area (Å²) in [6.07, 6.45) is 64.6.